The lowest BCUT2D eigenvalue weighted by molar-refractivity contribution is -0.138. The maximum atomic E-state index is 14.4. The molecule has 0 saturated carbocycles. The smallest absolute Gasteiger partial charge is 0.265 e. The van der Waals surface area contributed by atoms with Crippen LogP contribution >= 0.6 is 34.2 Å². The highest BCUT2D eigenvalue weighted by Crippen LogP contribution is 2.34. The molecule has 0 radical (unpaired) electrons. The zero-order valence-electron chi connectivity index (χ0n) is 16.4. The van der Waals surface area contributed by atoms with E-state index in [2.05, 4.69) is 22.6 Å². The predicted molar refractivity (Wildman–Crippen MR) is 119 cm³/mol. The summed E-state index contributed by atoms with van der Waals surface area (Å²) in [6.07, 6.45) is 0.324. The summed E-state index contributed by atoms with van der Waals surface area (Å²) in [6, 6.07) is 10.8. The van der Waals surface area contributed by atoms with Crippen LogP contribution in [0.5, 0.6) is 5.75 Å². The minimum absolute atomic E-state index is 0.158. The first-order chi connectivity index (χ1) is 13.7. The molecule has 0 N–H and O–H groups in total. The SMILES string of the molecule is COc1ccc(CN2CC(F)(F)CCC(Cc3c(C)cc(Cl)cc3I)C2=O)cc1. The molecule has 1 atom stereocenters. The summed E-state index contributed by atoms with van der Waals surface area (Å²) < 4.78 is 34.9. The number of benzene rings is 2. The van der Waals surface area contributed by atoms with E-state index in [9.17, 15) is 13.6 Å². The van der Waals surface area contributed by atoms with Gasteiger partial charge in [0.25, 0.3) is 5.92 Å². The van der Waals surface area contributed by atoms with Crippen molar-refractivity contribution in [2.75, 3.05) is 13.7 Å². The quantitative estimate of drug-likeness (QED) is 0.450. The Morgan fingerprint density at radius 2 is 1.97 bits per heavy atom. The van der Waals surface area contributed by atoms with Gasteiger partial charge < -0.3 is 9.64 Å². The van der Waals surface area contributed by atoms with Crippen molar-refractivity contribution >= 4 is 40.1 Å². The van der Waals surface area contributed by atoms with Crippen LogP contribution in [0.3, 0.4) is 0 Å². The molecule has 1 aliphatic rings. The predicted octanol–water partition coefficient (Wildman–Crippen LogP) is 5.88. The van der Waals surface area contributed by atoms with Gasteiger partial charge >= 0.3 is 0 Å². The highest BCUT2D eigenvalue weighted by atomic mass is 127. The lowest BCUT2D eigenvalue weighted by Crippen LogP contribution is -2.40. The van der Waals surface area contributed by atoms with Crippen LogP contribution in [-0.4, -0.2) is 30.4 Å². The number of carbonyl (C=O) groups is 1. The molecular weight excluding hydrogens is 511 g/mol. The Morgan fingerprint density at radius 3 is 2.59 bits per heavy atom. The van der Waals surface area contributed by atoms with E-state index in [1.807, 2.05) is 19.1 Å². The average molecular weight is 534 g/mol. The van der Waals surface area contributed by atoms with Crippen molar-refractivity contribution in [3.63, 3.8) is 0 Å². The highest BCUT2D eigenvalue weighted by Gasteiger charge is 2.40. The van der Waals surface area contributed by atoms with Gasteiger partial charge in [-0.15, -0.1) is 0 Å². The Balaban J connectivity index is 1.84. The third-order valence-electron chi connectivity index (χ3n) is 5.31. The van der Waals surface area contributed by atoms with Crippen LogP contribution in [0.2, 0.25) is 5.02 Å². The van der Waals surface area contributed by atoms with Crippen LogP contribution < -0.4 is 4.74 Å². The Kier molecular flexibility index (Phi) is 7.04. The summed E-state index contributed by atoms with van der Waals surface area (Å²) in [7, 11) is 1.57. The lowest BCUT2D eigenvalue weighted by Gasteiger charge is -2.26. The second-order valence-corrected chi connectivity index (χ2v) is 9.12. The van der Waals surface area contributed by atoms with Crippen LogP contribution in [0.25, 0.3) is 0 Å². The summed E-state index contributed by atoms with van der Waals surface area (Å²) in [6.45, 7) is 1.55. The van der Waals surface area contributed by atoms with Gasteiger partial charge in [0.05, 0.1) is 13.7 Å². The number of nitrogens with zero attached hydrogens (tertiary/aromatic N) is 1. The van der Waals surface area contributed by atoms with Crippen molar-refractivity contribution in [2.24, 2.45) is 5.92 Å². The monoisotopic (exact) mass is 533 g/mol. The Hall–Kier alpha value is -1.41. The average Bonchev–Trinajstić information content (AvgIpc) is 2.76. The number of rotatable bonds is 5. The number of amides is 1. The van der Waals surface area contributed by atoms with Crippen molar-refractivity contribution in [1.29, 1.82) is 0 Å². The van der Waals surface area contributed by atoms with Crippen molar-refractivity contribution in [1.82, 2.24) is 4.90 Å². The van der Waals surface area contributed by atoms with E-state index in [0.29, 0.717) is 17.2 Å². The van der Waals surface area contributed by atoms with Crippen molar-refractivity contribution < 1.29 is 18.3 Å². The van der Waals surface area contributed by atoms with Crippen molar-refractivity contribution in [3.8, 4) is 5.75 Å². The molecular formula is C22H23ClF2INO2. The van der Waals surface area contributed by atoms with Gasteiger partial charge in [0.2, 0.25) is 5.91 Å². The number of hydrogen-bond donors (Lipinski definition) is 0. The normalized spacial score (nSPS) is 19.2. The minimum atomic E-state index is -2.89. The zero-order chi connectivity index (χ0) is 21.2. The molecule has 7 heteroatoms. The molecule has 2 aromatic carbocycles. The van der Waals surface area contributed by atoms with Gasteiger partial charge in [-0.2, -0.15) is 0 Å². The fourth-order valence-electron chi connectivity index (χ4n) is 3.71. The third kappa shape index (κ3) is 5.60. The van der Waals surface area contributed by atoms with Gasteiger partial charge in [-0.25, -0.2) is 8.78 Å². The number of hydrogen-bond acceptors (Lipinski definition) is 2. The molecule has 1 heterocycles. The first kappa shape index (κ1) is 22.3. The Bertz CT molecular complexity index is 866. The van der Waals surface area contributed by atoms with Crippen LogP contribution in [-0.2, 0) is 17.8 Å². The number of aryl methyl sites for hydroxylation is 1. The van der Waals surface area contributed by atoms with Gasteiger partial charge in [-0.05, 0) is 83.3 Å². The van der Waals surface area contributed by atoms with Gasteiger partial charge in [-0.1, -0.05) is 23.7 Å². The number of ether oxygens (including phenoxy) is 1. The minimum Gasteiger partial charge on any atom is -0.497 e. The summed E-state index contributed by atoms with van der Waals surface area (Å²) in [5.41, 5.74) is 2.78. The van der Waals surface area contributed by atoms with E-state index >= 15 is 0 Å². The van der Waals surface area contributed by atoms with Gasteiger partial charge in [-0.3, -0.25) is 4.79 Å². The topological polar surface area (TPSA) is 29.5 Å². The molecule has 1 unspecified atom stereocenters. The summed E-state index contributed by atoms with van der Waals surface area (Å²) in [5.74, 6) is -2.90. The van der Waals surface area contributed by atoms with E-state index in [1.54, 1.807) is 31.4 Å². The molecule has 1 saturated heterocycles. The molecule has 156 valence electrons. The second-order valence-electron chi connectivity index (χ2n) is 7.52. The summed E-state index contributed by atoms with van der Waals surface area (Å²) in [5, 5.41) is 0.635. The number of likely N-dealkylation sites (tertiary alicyclic amines) is 1. The fraction of sp³-hybridized carbons (Fsp3) is 0.409. The van der Waals surface area contributed by atoms with E-state index in [4.69, 9.17) is 16.3 Å². The van der Waals surface area contributed by atoms with E-state index in [0.717, 1.165) is 20.3 Å². The van der Waals surface area contributed by atoms with Crippen LogP contribution in [0.1, 0.15) is 29.5 Å². The first-order valence-corrected chi connectivity index (χ1v) is 10.9. The fourth-order valence-corrected chi connectivity index (χ4v) is 5.15. The van der Waals surface area contributed by atoms with E-state index in [-0.39, 0.29) is 25.3 Å². The van der Waals surface area contributed by atoms with E-state index < -0.39 is 18.4 Å². The molecule has 0 bridgehead atoms. The van der Waals surface area contributed by atoms with Crippen molar-refractivity contribution in [2.45, 2.75) is 38.7 Å². The molecule has 3 nitrogen and oxygen atoms in total. The number of halogens is 4. The standard InChI is InChI=1S/C22H23ClF2INO2/c1-14-9-17(23)11-20(26)19(14)10-16-7-8-22(24,25)13-27(21(16)28)12-15-3-5-18(29-2)6-4-15/h3-6,9,11,16H,7-8,10,12-13H2,1-2H3. The van der Waals surface area contributed by atoms with Crippen LogP contribution in [0.4, 0.5) is 8.78 Å². The molecule has 1 fully saturated rings. The molecule has 1 amide bonds. The molecule has 0 spiro atoms. The molecule has 29 heavy (non-hydrogen) atoms. The lowest BCUT2D eigenvalue weighted by atomic mass is 9.91. The highest BCUT2D eigenvalue weighted by molar-refractivity contribution is 14.1. The molecule has 0 aromatic heterocycles. The Labute approximate surface area is 188 Å². The molecule has 0 aliphatic carbocycles. The van der Waals surface area contributed by atoms with Crippen LogP contribution in [0.15, 0.2) is 36.4 Å². The Morgan fingerprint density at radius 1 is 1.28 bits per heavy atom. The molecule has 1 aliphatic heterocycles. The maximum absolute atomic E-state index is 14.4. The third-order valence-corrected chi connectivity index (χ3v) is 6.49. The van der Waals surface area contributed by atoms with Gasteiger partial charge in [0.15, 0.2) is 0 Å². The second kappa shape index (κ2) is 9.16. The van der Waals surface area contributed by atoms with Gasteiger partial charge in [0, 0.05) is 27.5 Å². The summed E-state index contributed by atoms with van der Waals surface area (Å²) >= 11 is 8.30. The number of carbonyl (C=O) groups excluding carboxylic acids is 1. The molecule has 3 rings (SSSR count). The van der Waals surface area contributed by atoms with E-state index in [1.165, 1.54) is 4.90 Å². The number of methoxy groups -OCH3 is 1. The first-order valence-electron chi connectivity index (χ1n) is 9.42. The van der Waals surface area contributed by atoms with Crippen molar-refractivity contribution in [3.05, 3.63) is 61.7 Å². The summed E-state index contributed by atoms with van der Waals surface area (Å²) in [4.78, 5) is 14.5. The maximum Gasteiger partial charge on any atom is 0.265 e. The van der Waals surface area contributed by atoms with Gasteiger partial charge in [0.1, 0.15) is 5.75 Å². The molecule has 2 aromatic rings. The van der Waals surface area contributed by atoms with Crippen LogP contribution in [0, 0.1) is 16.4 Å². The largest absolute Gasteiger partial charge is 0.497 e. The zero-order valence-corrected chi connectivity index (χ0v) is 19.3. The number of alkyl halides is 2.